The second-order valence-corrected chi connectivity index (χ2v) is 7.06. The van der Waals surface area contributed by atoms with Gasteiger partial charge in [0.1, 0.15) is 0 Å². The quantitative estimate of drug-likeness (QED) is 0.905. The zero-order chi connectivity index (χ0) is 13.1. The van der Waals surface area contributed by atoms with E-state index >= 15 is 0 Å². The highest BCUT2D eigenvalue weighted by atomic mass is 32.2. The lowest BCUT2D eigenvalue weighted by Crippen LogP contribution is -2.40. The lowest BCUT2D eigenvalue weighted by molar-refractivity contribution is 0.173. The molecule has 1 fully saturated rings. The molecule has 1 saturated heterocycles. The van der Waals surface area contributed by atoms with Gasteiger partial charge >= 0.3 is 0 Å². The molecular weight excluding hydrogens is 242 g/mol. The van der Waals surface area contributed by atoms with Gasteiger partial charge in [-0.05, 0) is 24.1 Å². The van der Waals surface area contributed by atoms with Gasteiger partial charge in [-0.15, -0.1) is 0 Å². The van der Waals surface area contributed by atoms with E-state index in [-0.39, 0.29) is 6.10 Å². The lowest BCUT2D eigenvalue weighted by Gasteiger charge is -2.36. The molecule has 0 saturated carbocycles. The van der Waals surface area contributed by atoms with Crippen LogP contribution in [-0.4, -0.2) is 28.7 Å². The first-order valence-corrected chi connectivity index (χ1v) is 7.73. The Bertz CT molecular complexity index is 369. The summed E-state index contributed by atoms with van der Waals surface area (Å²) in [6.07, 6.45) is 0.446. The van der Waals surface area contributed by atoms with E-state index in [2.05, 4.69) is 54.8 Å². The Morgan fingerprint density at radius 1 is 1.22 bits per heavy atom. The van der Waals surface area contributed by atoms with Crippen LogP contribution in [0.4, 0.5) is 5.69 Å². The number of nitrogens with zero attached hydrogens (tertiary/aromatic N) is 1. The number of hydrogen-bond acceptors (Lipinski definition) is 3. The van der Waals surface area contributed by atoms with Gasteiger partial charge in [0.25, 0.3) is 0 Å². The number of rotatable bonds is 3. The Morgan fingerprint density at radius 2 is 1.78 bits per heavy atom. The molecule has 1 aromatic rings. The van der Waals surface area contributed by atoms with Crippen LogP contribution in [0.2, 0.25) is 0 Å². The van der Waals surface area contributed by atoms with E-state index in [4.69, 9.17) is 0 Å². The molecule has 2 rings (SSSR count). The lowest BCUT2D eigenvalue weighted by atomic mass is 10.1. The van der Waals surface area contributed by atoms with Crippen molar-refractivity contribution in [1.29, 1.82) is 0 Å². The van der Waals surface area contributed by atoms with Crippen LogP contribution in [-0.2, 0) is 0 Å². The fourth-order valence-corrected chi connectivity index (χ4v) is 3.86. The summed E-state index contributed by atoms with van der Waals surface area (Å²) in [5.74, 6) is 0. The normalized spacial score (nSPS) is 26.1. The molecule has 1 N–H and O–H groups in total. The molecule has 0 spiro atoms. The summed E-state index contributed by atoms with van der Waals surface area (Å²) in [5.41, 5.74) is 2.30. The highest BCUT2D eigenvalue weighted by molar-refractivity contribution is 8.00. The predicted molar refractivity (Wildman–Crippen MR) is 80.4 cm³/mol. The van der Waals surface area contributed by atoms with Crippen molar-refractivity contribution in [2.24, 2.45) is 0 Å². The van der Waals surface area contributed by atoms with Gasteiger partial charge in [0.05, 0.1) is 6.10 Å². The molecule has 0 bridgehead atoms. The topological polar surface area (TPSA) is 23.5 Å². The standard InChI is InChI=1S/C15H23NOS/c1-4-15(17)13-5-7-14(8-6-13)16-9-11(2)18-12(3)10-16/h5-8,11-12,15,17H,4,9-10H2,1-3H3. The van der Waals surface area contributed by atoms with Crippen molar-refractivity contribution >= 4 is 17.4 Å². The molecule has 0 radical (unpaired) electrons. The van der Waals surface area contributed by atoms with Crippen LogP contribution in [0.15, 0.2) is 24.3 Å². The Labute approximate surface area is 114 Å². The van der Waals surface area contributed by atoms with Crippen LogP contribution in [0.25, 0.3) is 0 Å². The van der Waals surface area contributed by atoms with E-state index in [0.717, 1.165) is 25.1 Å². The molecular formula is C15H23NOS. The Kier molecular flexibility index (Phi) is 4.57. The molecule has 1 aromatic carbocycles. The first-order valence-electron chi connectivity index (χ1n) is 6.78. The number of aliphatic hydroxyl groups excluding tert-OH is 1. The van der Waals surface area contributed by atoms with Crippen molar-refractivity contribution in [1.82, 2.24) is 0 Å². The summed E-state index contributed by atoms with van der Waals surface area (Å²) < 4.78 is 0. The van der Waals surface area contributed by atoms with Crippen molar-refractivity contribution < 1.29 is 5.11 Å². The van der Waals surface area contributed by atoms with Gasteiger partial charge in [0, 0.05) is 29.3 Å². The zero-order valence-corrected chi connectivity index (χ0v) is 12.3. The van der Waals surface area contributed by atoms with E-state index in [0.29, 0.717) is 10.5 Å². The summed E-state index contributed by atoms with van der Waals surface area (Å²) >= 11 is 2.07. The van der Waals surface area contributed by atoms with Crippen LogP contribution in [0.1, 0.15) is 38.9 Å². The first kappa shape index (κ1) is 13.8. The number of benzene rings is 1. The highest BCUT2D eigenvalue weighted by Crippen LogP contribution is 2.29. The maximum absolute atomic E-state index is 9.80. The third-order valence-electron chi connectivity index (χ3n) is 3.45. The largest absolute Gasteiger partial charge is 0.388 e. The Balaban J connectivity index is 2.09. The first-order chi connectivity index (χ1) is 8.60. The molecule has 3 heteroatoms. The molecule has 2 nitrogen and oxygen atoms in total. The van der Waals surface area contributed by atoms with E-state index < -0.39 is 0 Å². The molecule has 3 atom stereocenters. The highest BCUT2D eigenvalue weighted by Gasteiger charge is 2.22. The maximum Gasteiger partial charge on any atom is 0.0787 e. The van der Waals surface area contributed by atoms with Gasteiger partial charge in [0.2, 0.25) is 0 Å². The molecule has 3 unspecified atom stereocenters. The van der Waals surface area contributed by atoms with Crippen LogP contribution in [0.5, 0.6) is 0 Å². The SMILES string of the molecule is CCC(O)c1ccc(N2CC(C)SC(C)C2)cc1. The fraction of sp³-hybridized carbons (Fsp3) is 0.600. The minimum absolute atomic E-state index is 0.325. The van der Waals surface area contributed by atoms with E-state index in [1.54, 1.807) is 0 Å². The Morgan fingerprint density at radius 3 is 2.28 bits per heavy atom. The zero-order valence-electron chi connectivity index (χ0n) is 11.5. The maximum atomic E-state index is 9.80. The molecule has 1 heterocycles. The minimum Gasteiger partial charge on any atom is -0.388 e. The Hall–Kier alpha value is -0.670. The molecule has 0 aliphatic carbocycles. The summed E-state index contributed by atoms with van der Waals surface area (Å²) in [5, 5.41) is 11.2. The summed E-state index contributed by atoms with van der Waals surface area (Å²) in [6.45, 7) is 8.82. The monoisotopic (exact) mass is 265 g/mol. The van der Waals surface area contributed by atoms with Crippen molar-refractivity contribution in [3.8, 4) is 0 Å². The van der Waals surface area contributed by atoms with E-state index in [9.17, 15) is 5.11 Å². The predicted octanol–water partition coefficient (Wildman–Crippen LogP) is 3.46. The van der Waals surface area contributed by atoms with Gasteiger partial charge in [0.15, 0.2) is 0 Å². The summed E-state index contributed by atoms with van der Waals surface area (Å²) in [7, 11) is 0. The van der Waals surface area contributed by atoms with Crippen LogP contribution in [0.3, 0.4) is 0 Å². The van der Waals surface area contributed by atoms with Gasteiger partial charge in [-0.3, -0.25) is 0 Å². The molecule has 0 aromatic heterocycles. The minimum atomic E-state index is -0.325. The van der Waals surface area contributed by atoms with Gasteiger partial charge in [-0.1, -0.05) is 32.9 Å². The molecule has 1 aliphatic rings. The van der Waals surface area contributed by atoms with Crippen molar-refractivity contribution in [2.75, 3.05) is 18.0 Å². The summed E-state index contributed by atoms with van der Waals surface area (Å²) in [6, 6.07) is 8.40. The van der Waals surface area contributed by atoms with E-state index in [1.165, 1.54) is 5.69 Å². The third-order valence-corrected chi connectivity index (χ3v) is 4.68. The smallest absolute Gasteiger partial charge is 0.0787 e. The third kappa shape index (κ3) is 3.21. The molecule has 0 amide bonds. The number of anilines is 1. The second-order valence-electron chi connectivity index (χ2n) is 5.18. The number of thioether (sulfide) groups is 1. The fourth-order valence-electron chi connectivity index (χ4n) is 2.53. The summed E-state index contributed by atoms with van der Waals surface area (Å²) in [4.78, 5) is 2.45. The molecule has 1 aliphatic heterocycles. The van der Waals surface area contributed by atoms with Crippen LogP contribution < -0.4 is 4.90 Å². The van der Waals surface area contributed by atoms with Crippen molar-refractivity contribution in [2.45, 2.75) is 43.8 Å². The van der Waals surface area contributed by atoms with E-state index in [1.807, 2.05) is 6.92 Å². The van der Waals surface area contributed by atoms with Gasteiger partial charge < -0.3 is 10.0 Å². The number of hydrogen-bond donors (Lipinski definition) is 1. The average Bonchev–Trinajstić information content (AvgIpc) is 2.37. The molecule has 100 valence electrons. The average molecular weight is 265 g/mol. The van der Waals surface area contributed by atoms with Crippen LogP contribution in [0, 0.1) is 0 Å². The molecule has 18 heavy (non-hydrogen) atoms. The second kappa shape index (κ2) is 5.98. The van der Waals surface area contributed by atoms with Gasteiger partial charge in [-0.2, -0.15) is 11.8 Å². The van der Waals surface area contributed by atoms with Gasteiger partial charge in [-0.25, -0.2) is 0 Å². The number of aliphatic hydroxyl groups is 1. The van der Waals surface area contributed by atoms with Crippen molar-refractivity contribution in [3.63, 3.8) is 0 Å². The van der Waals surface area contributed by atoms with Crippen LogP contribution >= 0.6 is 11.8 Å². The van der Waals surface area contributed by atoms with Crippen molar-refractivity contribution in [3.05, 3.63) is 29.8 Å².